The number of amides is 1. The van der Waals surface area contributed by atoms with Gasteiger partial charge in [0.05, 0.1) is 11.3 Å². The molecular formula is C24H28F2N2O3S. The number of nitrogens with one attached hydrogen (secondary N) is 1. The Labute approximate surface area is 187 Å². The Balaban J connectivity index is 1.52. The van der Waals surface area contributed by atoms with Crippen LogP contribution < -0.4 is 4.72 Å². The molecule has 0 spiro atoms. The fraction of sp³-hybridized carbons (Fsp3) is 0.458. The summed E-state index contributed by atoms with van der Waals surface area (Å²) in [4.78, 5) is 15.0. The summed E-state index contributed by atoms with van der Waals surface area (Å²) >= 11 is 0. The highest BCUT2D eigenvalue weighted by atomic mass is 32.2. The van der Waals surface area contributed by atoms with E-state index in [4.69, 9.17) is 0 Å². The highest BCUT2D eigenvalue weighted by Gasteiger charge is 2.47. The van der Waals surface area contributed by atoms with Gasteiger partial charge in [-0.15, -0.1) is 0 Å². The SMILES string of the molecule is CCS(=O)(=O)N[C@@H]1CCCCN(C(=O)[C@@H]2C[C@H]2c2ccccc2-c2c(F)cccc2F)C1. The van der Waals surface area contributed by atoms with Crippen LogP contribution in [0.25, 0.3) is 11.1 Å². The van der Waals surface area contributed by atoms with Crippen molar-refractivity contribution in [1.29, 1.82) is 0 Å². The molecule has 2 fully saturated rings. The smallest absolute Gasteiger partial charge is 0.226 e. The zero-order valence-electron chi connectivity index (χ0n) is 18.1. The van der Waals surface area contributed by atoms with Crippen LogP contribution in [-0.2, 0) is 14.8 Å². The minimum Gasteiger partial charge on any atom is -0.341 e. The van der Waals surface area contributed by atoms with Gasteiger partial charge in [0.2, 0.25) is 15.9 Å². The molecule has 1 N–H and O–H groups in total. The molecule has 1 saturated heterocycles. The molecule has 1 heterocycles. The number of hydrogen-bond acceptors (Lipinski definition) is 3. The molecule has 32 heavy (non-hydrogen) atoms. The summed E-state index contributed by atoms with van der Waals surface area (Å²) in [5, 5.41) is 0. The van der Waals surface area contributed by atoms with Crippen LogP contribution in [0.2, 0.25) is 0 Å². The van der Waals surface area contributed by atoms with E-state index in [0.29, 0.717) is 31.5 Å². The van der Waals surface area contributed by atoms with Crippen molar-refractivity contribution in [2.45, 2.75) is 44.6 Å². The zero-order chi connectivity index (χ0) is 22.9. The summed E-state index contributed by atoms with van der Waals surface area (Å²) in [7, 11) is -3.35. The molecule has 1 amide bonds. The molecule has 1 saturated carbocycles. The van der Waals surface area contributed by atoms with Crippen LogP contribution in [0.5, 0.6) is 0 Å². The molecule has 3 atom stereocenters. The third kappa shape index (κ3) is 4.86. The minimum absolute atomic E-state index is 0.00549. The van der Waals surface area contributed by atoms with Gasteiger partial charge in [-0.3, -0.25) is 4.79 Å². The van der Waals surface area contributed by atoms with Gasteiger partial charge < -0.3 is 4.90 Å². The van der Waals surface area contributed by atoms with E-state index in [2.05, 4.69) is 4.72 Å². The summed E-state index contributed by atoms with van der Waals surface area (Å²) in [6, 6.07) is 10.6. The van der Waals surface area contributed by atoms with Crippen molar-refractivity contribution in [3.05, 3.63) is 59.7 Å². The largest absolute Gasteiger partial charge is 0.341 e. The Morgan fingerprint density at radius 2 is 1.81 bits per heavy atom. The number of carbonyl (C=O) groups is 1. The van der Waals surface area contributed by atoms with Crippen molar-refractivity contribution < 1.29 is 22.0 Å². The van der Waals surface area contributed by atoms with Gasteiger partial charge in [-0.25, -0.2) is 21.9 Å². The van der Waals surface area contributed by atoms with Crippen LogP contribution >= 0.6 is 0 Å². The van der Waals surface area contributed by atoms with E-state index >= 15 is 0 Å². The number of hydrogen-bond donors (Lipinski definition) is 1. The maximum atomic E-state index is 14.4. The van der Waals surface area contributed by atoms with Crippen LogP contribution in [0.3, 0.4) is 0 Å². The molecule has 1 aliphatic carbocycles. The van der Waals surface area contributed by atoms with E-state index in [1.165, 1.54) is 18.2 Å². The molecular weight excluding hydrogens is 434 g/mol. The quantitative estimate of drug-likeness (QED) is 0.704. The van der Waals surface area contributed by atoms with Crippen molar-refractivity contribution in [3.8, 4) is 11.1 Å². The molecule has 0 unspecified atom stereocenters. The zero-order valence-corrected chi connectivity index (χ0v) is 18.9. The molecule has 2 aromatic carbocycles. The molecule has 4 rings (SSSR count). The third-order valence-electron chi connectivity index (χ3n) is 6.41. The minimum atomic E-state index is -3.35. The topological polar surface area (TPSA) is 66.5 Å². The lowest BCUT2D eigenvalue weighted by atomic mass is 9.95. The fourth-order valence-electron chi connectivity index (χ4n) is 4.62. The second-order valence-corrected chi connectivity index (χ2v) is 10.7. The monoisotopic (exact) mass is 462 g/mol. The molecule has 0 aromatic heterocycles. The van der Waals surface area contributed by atoms with Crippen molar-refractivity contribution in [1.82, 2.24) is 9.62 Å². The highest BCUT2D eigenvalue weighted by Crippen LogP contribution is 2.51. The number of rotatable bonds is 6. The van der Waals surface area contributed by atoms with Gasteiger partial charge in [0, 0.05) is 25.0 Å². The highest BCUT2D eigenvalue weighted by molar-refractivity contribution is 7.89. The summed E-state index contributed by atoms with van der Waals surface area (Å²) in [5.41, 5.74) is 1.19. The Morgan fingerprint density at radius 3 is 2.53 bits per heavy atom. The van der Waals surface area contributed by atoms with Crippen molar-refractivity contribution in [3.63, 3.8) is 0 Å². The van der Waals surface area contributed by atoms with E-state index in [1.807, 2.05) is 12.1 Å². The normalized spacial score (nSPS) is 23.6. The van der Waals surface area contributed by atoms with Gasteiger partial charge in [-0.1, -0.05) is 36.8 Å². The van der Waals surface area contributed by atoms with Gasteiger partial charge in [-0.05, 0) is 55.4 Å². The van der Waals surface area contributed by atoms with Crippen LogP contribution in [0.1, 0.15) is 44.1 Å². The van der Waals surface area contributed by atoms with Gasteiger partial charge in [0.15, 0.2) is 0 Å². The van der Waals surface area contributed by atoms with Crippen LogP contribution in [0, 0.1) is 17.6 Å². The molecule has 2 aromatic rings. The Bertz CT molecular complexity index is 1090. The maximum absolute atomic E-state index is 14.4. The third-order valence-corrected chi connectivity index (χ3v) is 7.86. The summed E-state index contributed by atoms with van der Waals surface area (Å²) < 4.78 is 55.5. The summed E-state index contributed by atoms with van der Waals surface area (Å²) in [6.45, 7) is 2.54. The van der Waals surface area contributed by atoms with E-state index in [1.54, 1.807) is 24.0 Å². The molecule has 5 nitrogen and oxygen atoms in total. The molecule has 0 radical (unpaired) electrons. The lowest BCUT2D eigenvalue weighted by Gasteiger charge is -2.25. The van der Waals surface area contributed by atoms with Gasteiger partial charge in [0.25, 0.3) is 0 Å². The van der Waals surface area contributed by atoms with E-state index in [-0.39, 0.29) is 35.1 Å². The molecule has 172 valence electrons. The molecule has 1 aliphatic heterocycles. The fourth-order valence-corrected chi connectivity index (χ4v) is 5.49. The van der Waals surface area contributed by atoms with Gasteiger partial charge in [0.1, 0.15) is 11.6 Å². The first kappa shape index (κ1) is 22.9. The van der Waals surface area contributed by atoms with Crippen LogP contribution in [0.4, 0.5) is 8.78 Å². The van der Waals surface area contributed by atoms with E-state index in [9.17, 15) is 22.0 Å². The lowest BCUT2D eigenvalue weighted by Crippen LogP contribution is -2.45. The van der Waals surface area contributed by atoms with Crippen molar-refractivity contribution >= 4 is 15.9 Å². The van der Waals surface area contributed by atoms with Crippen molar-refractivity contribution in [2.75, 3.05) is 18.8 Å². The summed E-state index contributed by atoms with van der Waals surface area (Å²) in [6.07, 6.45) is 2.99. The van der Waals surface area contributed by atoms with E-state index in [0.717, 1.165) is 18.4 Å². The first-order chi connectivity index (χ1) is 15.3. The standard InChI is InChI=1S/C24H28F2N2O3S/c1-2-32(30,31)27-16-8-5-6-13-28(15-16)24(29)20-14-19(20)17-9-3-4-10-18(17)23-21(25)11-7-12-22(23)26/h3-4,7,9-12,16,19-20,27H,2,5-6,8,13-15H2,1H3/t16-,19+,20-/m1/s1. The maximum Gasteiger partial charge on any atom is 0.226 e. The number of likely N-dealkylation sites (tertiary alicyclic amines) is 1. The first-order valence-corrected chi connectivity index (χ1v) is 12.8. The molecule has 2 aliphatic rings. The number of carbonyl (C=O) groups excluding carboxylic acids is 1. The Morgan fingerprint density at radius 1 is 1.09 bits per heavy atom. The van der Waals surface area contributed by atoms with Gasteiger partial charge in [-0.2, -0.15) is 0 Å². The second kappa shape index (κ2) is 9.27. The average Bonchev–Trinajstić information content (AvgIpc) is 3.58. The average molecular weight is 463 g/mol. The van der Waals surface area contributed by atoms with Crippen LogP contribution in [0.15, 0.2) is 42.5 Å². The number of halogens is 2. The van der Waals surface area contributed by atoms with Crippen LogP contribution in [-0.4, -0.2) is 44.1 Å². The Hall–Kier alpha value is -2.32. The summed E-state index contributed by atoms with van der Waals surface area (Å²) in [5.74, 6) is -1.62. The lowest BCUT2D eigenvalue weighted by molar-refractivity contribution is -0.132. The number of sulfonamides is 1. The number of nitrogens with zero attached hydrogens (tertiary/aromatic N) is 1. The number of benzene rings is 2. The predicted molar refractivity (Wildman–Crippen MR) is 119 cm³/mol. The molecule has 0 bridgehead atoms. The van der Waals surface area contributed by atoms with Gasteiger partial charge >= 0.3 is 0 Å². The van der Waals surface area contributed by atoms with E-state index < -0.39 is 21.7 Å². The predicted octanol–water partition coefficient (Wildman–Crippen LogP) is 4.06. The first-order valence-electron chi connectivity index (χ1n) is 11.1. The Kier molecular flexibility index (Phi) is 6.62. The molecule has 8 heteroatoms. The second-order valence-electron chi connectivity index (χ2n) is 8.63. The van der Waals surface area contributed by atoms with Crippen molar-refractivity contribution in [2.24, 2.45) is 5.92 Å².